The van der Waals surface area contributed by atoms with E-state index in [0.29, 0.717) is 25.2 Å². The van der Waals surface area contributed by atoms with Crippen LogP contribution < -0.4 is 9.46 Å². The lowest BCUT2D eigenvalue weighted by Gasteiger charge is -2.36. The molecule has 3 fully saturated rings. The quantitative estimate of drug-likeness (QED) is 0.700. The number of ether oxygens (including phenoxy) is 1. The summed E-state index contributed by atoms with van der Waals surface area (Å²) >= 11 is 0. The zero-order chi connectivity index (χ0) is 20.8. The third kappa shape index (κ3) is 4.76. The maximum Gasteiger partial charge on any atom is 0.267 e. The Morgan fingerprint density at radius 1 is 1.17 bits per heavy atom. The summed E-state index contributed by atoms with van der Waals surface area (Å²) in [5, 5.41) is -0.529. The van der Waals surface area contributed by atoms with Gasteiger partial charge in [0.2, 0.25) is 10.0 Å². The number of hydrogen-bond donors (Lipinski definition) is 1. The zero-order valence-corrected chi connectivity index (χ0v) is 18.0. The van der Waals surface area contributed by atoms with Gasteiger partial charge in [-0.1, -0.05) is 26.7 Å². The summed E-state index contributed by atoms with van der Waals surface area (Å²) in [5.74, 6) is -0.151. The number of benzene rings is 1. The van der Waals surface area contributed by atoms with Crippen LogP contribution in [0.3, 0.4) is 0 Å². The number of hydrogen-bond acceptors (Lipinski definition) is 4. The average Bonchev–Trinajstić information content (AvgIpc) is 3.54. The molecule has 0 heterocycles. The Kier molecular flexibility index (Phi) is 5.38. The summed E-state index contributed by atoms with van der Waals surface area (Å²) < 4.78 is 46.9. The summed E-state index contributed by atoms with van der Waals surface area (Å²) in [5.41, 5.74) is 0.674. The lowest BCUT2D eigenvalue weighted by molar-refractivity contribution is 0.0963. The van der Waals surface area contributed by atoms with E-state index in [4.69, 9.17) is 4.74 Å². The molecule has 1 N–H and O–H groups in total. The normalized spacial score (nSPS) is 27.5. The molecule has 3 aliphatic rings. The van der Waals surface area contributed by atoms with Gasteiger partial charge in [-0.15, -0.1) is 0 Å². The smallest absolute Gasteiger partial charge is 0.267 e. The predicted octanol–water partition coefficient (Wildman–Crippen LogP) is 4.52. The fourth-order valence-corrected chi connectivity index (χ4v) is 5.38. The van der Waals surface area contributed by atoms with Gasteiger partial charge in [-0.3, -0.25) is 4.79 Å². The van der Waals surface area contributed by atoms with E-state index in [1.165, 1.54) is 25.0 Å². The average molecular weight is 424 g/mol. The Bertz CT molecular complexity index is 898. The van der Waals surface area contributed by atoms with Gasteiger partial charge < -0.3 is 4.74 Å². The Balaban J connectivity index is 1.51. The fourth-order valence-electron chi connectivity index (χ4n) is 4.09. The predicted molar refractivity (Wildman–Crippen MR) is 109 cm³/mol. The van der Waals surface area contributed by atoms with Crippen LogP contribution in [0.25, 0.3) is 0 Å². The van der Waals surface area contributed by atoms with E-state index in [1.54, 1.807) is 0 Å². The van der Waals surface area contributed by atoms with E-state index in [9.17, 15) is 17.6 Å². The van der Waals surface area contributed by atoms with Crippen LogP contribution in [0.15, 0.2) is 12.1 Å². The molecule has 0 aromatic heterocycles. The second-order valence-corrected chi connectivity index (χ2v) is 11.6. The van der Waals surface area contributed by atoms with E-state index < -0.39 is 27.0 Å². The van der Waals surface area contributed by atoms with Crippen molar-refractivity contribution >= 4 is 15.9 Å². The molecule has 29 heavy (non-hydrogen) atoms. The molecule has 0 radical (unpaired) electrons. The number of sulfonamides is 1. The topological polar surface area (TPSA) is 72.5 Å². The standard InChI is InChI=1S/C22H30FNO4S/c1-14-7-9-22(2,10-8-14)13-28-20-12-19(23)18(11-17(20)15-3-4-15)21(25)24-29(26,27)16-5-6-16/h11-12,14-16H,3-10,13H2,1-2H3,(H,24,25)/t14-,22+. The van der Waals surface area contributed by atoms with Crippen LogP contribution in [0.4, 0.5) is 4.39 Å². The largest absolute Gasteiger partial charge is 0.493 e. The summed E-state index contributed by atoms with van der Waals surface area (Å²) in [6, 6.07) is 2.76. The van der Waals surface area contributed by atoms with E-state index in [2.05, 4.69) is 13.8 Å². The second-order valence-electron chi connectivity index (χ2n) is 9.60. The Morgan fingerprint density at radius 3 is 2.41 bits per heavy atom. The lowest BCUT2D eigenvalue weighted by Crippen LogP contribution is -2.34. The van der Waals surface area contributed by atoms with Crippen molar-refractivity contribution in [3.8, 4) is 5.75 Å². The molecule has 0 saturated heterocycles. The van der Waals surface area contributed by atoms with Gasteiger partial charge >= 0.3 is 0 Å². The first kappa shape index (κ1) is 20.6. The third-order valence-corrected chi connectivity index (χ3v) is 8.44. The molecule has 1 aromatic rings. The van der Waals surface area contributed by atoms with Crippen LogP contribution in [-0.2, 0) is 10.0 Å². The van der Waals surface area contributed by atoms with Crippen molar-refractivity contribution in [3.63, 3.8) is 0 Å². The van der Waals surface area contributed by atoms with Crippen LogP contribution in [0.1, 0.15) is 87.1 Å². The highest BCUT2D eigenvalue weighted by Gasteiger charge is 2.38. The summed E-state index contributed by atoms with van der Waals surface area (Å²) in [7, 11) is -3.71. The van der Waals surface area contributed by atoms with Crippen LogP contribution in [0.2, 0.25) is 0 Å². The SMILES string of the molecule is C[C@H]1CC[C@@](C)(COc2cc(F)c(C(=O)NS(=O)(=O)C3CC3)cc2C2CC2)CC1. The van der Waals surface area contributed by atoms with Gasteiger partial charge in [-0.2, -0.15) is 0 Å². The summed E-state index contributed by atoms with van der Waals surface area (Å²) in [6.45, 7) is 5.02. The third-order valence-electron chi connectivity index (χ3n) is 6.62. The van der Waals surface area contributed by atoms with E-state index in [1.807, 2.05) is 4.72 Å². The van der Waals surface area contributed by atoms with Crippen molar-refractivity contribution in [2.75, 3.05) is 6.61 Å². The Labute approximate surface area is 172 Å². The minimum absolute atomic E-state index is 0.0815. The fraction of sp³-hybridized carbons (Fsp3) is 0.682. The molecular formula is C22H30FNO4S. The number of nitrogens with one attached hydrogen (secondary N) is 1. The maximum atomic E-state index is 14.7. The first-order valence-electron chi connectivity index (χ1n) is 10.7. The minimum Gasteiger partial charge on any atom is -0.493 e. The van der Waals surface area contributed by atoms with E-state index in [0.717, 1.165) is 37.2 Å². The summed E-state index contributed by atoms with van der Waals surface area (Å²) in [6.07, 6.45) is 7.57. The zero-order valence-electron chi connectivity index (χ0n) is 17.2. The number of amides is 1. The van der Waals surface area contributed by atoms with Crippen molar-refractivity contribution in [1.82, 2.24) is 4.72 Å². The molecule has 4 rings (SSSR count). The van der Waals surface area contributed by atoms with Gasteiger partial charge in [-0.05, 0) is 62.0 Å². The maximum absolute atomic E-state index is 14.7. The molecule has 0 atom stereocenters. The molecule has 1 amide bonds. The van der Waals surface area contributed by atoms with Crippen LogP contribution >= 0.6 is 0 Å². The molecule has 0 aliphatic heterocycles. The van der Waals surface area contributed by atoms with Gasteiger partial charge in [-0.25, -0.2) is 17.5 Å². The molecule has 5 nitrogen and oxygen atoms in total. The molecule has 3 saturated carbocycles. The van der Waals surface area contributed by atoms with Crippen molar-refractivity contribution in [3.05, 3.63) is 29.1 Å². The Morgan fingerprint density at radius 2 is 1.83 bits per heavy atom. The van der Waals surface area contributed by atoms with Gasteiger partial charge in [0.15, 0.2) is 0 Å². The monoisotopic (exact) mass is 423 g/mol. The van der Waals surface area contributed by atoms with Crippen LogP contribution in [0.5, 0.6) is 5.75 Å². The number of rotatable bonds is 7. The van der Waals surface area contributed by atoms with Crippen molar-refractivity contribution in [2.24, 2.45) is 11.3 Å². The number of carbonyl (C=O) groups is 1. The van der Waals surface area contributed by atoms with Crippen LogP contribution in [0, 0.1) is 17.2 Å². The summed E-state index contributed by atoms with van der Waals surface area (Å²) in [4.78, 5) is 12.4. The molecule has 7 heteroatoms. The van der Waals surface area contributed by atoms with E-state index >= 15 is 0 Å². The van der Waals surface area contributed by atoms with Gasteiger partial charge in [0.05, 0.1) is 17.4 Å². The highest BCUT2D eigenvalue weighted by atomic mass is 32.2. The van der Waals surface area contributed by atoms with Gasteiger partial charge in [0, 0.05) is 11.5 Å². The highest BCUT2D eigenvalue weighted by Crippen LogP contribution is 2.46. The van der Waals surface area contributed by atoms with Crippen LogP contribution in [-0.4, -0.2) is 26.2 Å². The first-order chi connectivity index (χ1) is 13.7. The van der Waals surface area contributed by atoms with Crippen molar-refractivity contribution < 1.29 is 22.3 Å². The molecule has 0 spiro atoms. The second kappa shape index (κ2) is 7.56. The van der Waals surface area contributed by atoms with Crippen molar-refractivity contribution in [2.45, 2.75) is 76.4 Å². The molecule has 160 valence electrons. The molecule has 0 bridgehead atoms. The number of carbonyl (C=O) groups excluding carboxylic acids is 1. The molecule has 3 aliphatic carbocycles. The number of halogens is 1. The van der Waals surface area contributed by atoms with Gasteiger partial charge in [0.1, 0.15) is 11.6 Å². The highest BCUT2D eigenvalue weighted by molar-refractivity contribution is 7.91. The minimum atomic E-state index is -3.71. The lowest BCUT2D eigenvalue weighted by atomic mass is 9.73. The molecule has 0 unspecified atom stereocenters. The molecular weight excluding hydrogens is 393 g/mol. The van der Waals surface area contributed by atoms with E-state index in [-0.39, 0.29) is 16.9 Å². The Hall–Kier alpha value is -1.63. The van der Waals surface area contributed by atoms with Gasteiger partial charge in [0.25, 0.3) is 5.91 Å². The first-order valence-corrected chi connectivity index (χ1v) is 12.2. The van der Waals surface area contributed by atoms with Crippen molar-refractivity contribution in [1.29, 1.82) is 0 Å². The molecule has 1 aromatic carbocycles.